The minimum atomic E-state index is -0.767. The molecule has 1 aliphatic rings. The molecule has 0 aliphatic carbocycles. The van der Waals surface area contributed by atoms with Gasteiger partial charge >= 0.3 is 5.97 Å². The Bertz CT molecular complexity index is 501. The molecule has 0 radical (unpaired) electrons. The van der Waals surface area contributed by atoms with E-state index in [4.69, 9.17) is 5.11 Å². The number of aromatic nitrogens is 1. The van der Waals surface area contributed by atoms with E-state index in [0.717, 1.165) is 5.56 Å². The van der Waals surface area contributed by atoms with Crippen LogP contribution in [-0.4, -0.2) is 39.5 Å². The van der Waals surface area contributed by atoms with E-state index >= 15 is 0 Å². The van der Waals surface area contributed by atoms with Gasteiger partial charge < -0.3 is 10.0 Å². The fraction of sp³-hybridized carbons (Fsp3) is 0.500. The highest BCUT2D eigenvalue weighted by Crippen LogP contribution is 2.24. The summed E-state index contributed by atoms with van der Waals surface area (Å²) >= 11 is 0. The topological polar surface area (TPSA) is 70.5 Å². The average Bonchev–Trinajstić information content (AvgIpc) is 2.37. The van der Waals surface area contributed by atoms with Gasteiger partial charge in [0.25, 0.3) is 5.91 Å². The van der Waals surface area contributed by atoms with E-state index in [-0.39, 0.29) is 17.9 Å². The minimum absolute atomic E-state index is 0.0529. The monoisotopic (exact) mass is 262 g/mol. The molecule has 1 fully saturated rings. The number of rotatable bonds is 2. The Morgan fingerprint density at radius 3 is 2.74 bits per heavy atom. The second-order valence-electron chi connectivity index (χ2n) is 5.16. The van der Waals surface area contributed by atoms with E-state index in [0.29, 0.717) is 24.9 Å². The molecule has 1 aromatic heterocycles. The number of aliphatic carboxylic acids is 1. The Hall–Kier alpha value is -1.91. The maximum Gasteiger partial charge on any atom is 0.306 e. The molecule has 0 aromatic carbocycles. The van der Waals surface area contributed by atoms with Crippen molar-refractivity contribution in [2.75, 3.05) is 6.54 Å². The van der Waals surface area contributed by atoms with Gasteiger partial charge in [-0.1, -0.05) is 0 Å². The molecule has 0 saturated carbocycles. The summed E-state index contributed by atoms with van der Waals surface area (Å²) in [6.07, 6.45) is 4.30. The van der Waals surface area contributed by atoms with E-state index in [2.05, 4.69) is 4.98 Å². The summed E-state index contributed by atoms with van der Waals surface area (Å²) in [5.41, 5.74) is 1.51. The zero-order valence-corrected chi connectivity index (χ0v) is 11.2. The largest absolute Gasteiger partial charge is 0.481 e. The van der Waals surface area contributed by atoms with Gasteiger partial charge in [0.15, 0.2) is 0 Å². The first-order valence-corrected chi connectivity index (χ1v) is 6.44. The number of carboxylic acids is 1. The SMILES string of the molecule is Cc1cncc(C(=O)N2CCC(C(=O)O)CC2C)c1. The van der Waals surface area contributed by atoms with Gasteiger partial charge in [0.05, 0.1) is 11.5 Å². The van der Waals surface area contributed by atoms with Crippen LogP contribution in [0.3, 0.4) is 0 Å². The molecule has 2 atom stereocenters. The number of likely N-dealkylation sites (tertiary alicyclic amines) is 1. The number of aryl methyl sites for hydroxylation is 1. The molecule has 2 rings (SSSR count). The quantitative estimate of drug-likeness (QED) is 0.881. The summed E-state index contributed by atoms with van der Waals surface area (Å²) in [5, 5.41) is 9.02. The van der Waals surface area contributed by atoms with Crippen LogP contribution in [0.25, 0.3) is 0 Å². The van der Waals surface area contributed by atoms with E-state index in [1.165, 1.54) is 0 Å². The molecule has 1 aromatic rings. The van der Waals surface area contributed by atoms with Crippen LogP contribution >= 0.6 is 0 Å². The number of nitrogens with zero attached hydrogens (tertiary/aromatic N) is 2. The molecule has 1 saturated heterocycles. The van der Waals surface area contributed by atoms with Gasteiger partial charge in [-0.2, -0.15) is 0 Å². The lowest BCUT2D eigenvalue weighted by Gasteiger charge is -2.36. The van der Waals surface area contributed by atoms with Crippen molar-refractivity contribution in [3.8, 4) is 0 Å². The zero-order valence-electron chi connectivity index (χ0n) is 11.2. The average molecular weight is 262 g/mol. The summed E-state index contributed by atoms with van der Waals surface area (Å²) in [7, 11) is 0. The fourth-order valence-electron chi connectivity index (χ4n) is 2.54. The van der Waals surface area contributed by atoms with Crippen molar-refractivity contribution in [3.05, 3.63) is 29.6 Å². The summed E-state index contributed by atoms with van der Waals surface area (Å²) in [4.78, 5) is 29.1. The van der Waals surface area contributed by atoms with Crippen LogP contribution in [0.5, 0.6) is 0 Å². The van der Waals surface area contributed by atoms with Gasteiger partial charge in [0, 0.05) is 25.0 Å². The van der Waals surface area contributed by atoms with Gasteiger partial charge in [-0.25, -0.2) is 0 Å². The smallest absolute Gasteiger partial charge is 0.306 e. The third-order valence-electron chi connectivity index (χ3n) is 3.61. The molecule has 2 unspecified atom stereocenters. The van der Waals surface area contributed by atoms with Crippen molar-refractivity contribution in [3.63, 3.8) is 0 Å². The lowest BCUT2D eigenvalue weighted by Crippen LogP contribution is -2.46. The maximum atomic E-state index is 12.4. The van der Waals surface area contributed by atoms with Crippen LogP contribution in [0.2, 0.25) is 0 Å². The summed E-state index contributed by atoms with van der Waals surface area (Å²) in [5.74, 6) is -1.17. The van der Waals surface area contributed by atoms with E-state index < -0.39 is 5.97 Å². The third-order valence-corrected chi connectivity index (χ3v) is 3.61. The molecule has 1 N–H and O–H groups in total. The third kappa shape index (κ3) is 2.92. The Kier molecular flexibility index (Phi) is 3.83. The number of hydrogen-bond acceptors (Lipinski definition) is 3. The van der Waals surface area contributed by atoms with Gasteiger partial charge in [0.1, 0.15) is 0 Å². The molecule has 2 heterocycles. The van der Waals surface area contributed by atoms with Crippen LogP contribution in [0.15, 0.2) is 18.5 Å². The second-order valence-corrected chi connectivity index (χ2v) is 5.16. The maximum absolute atomic E-state index is 12.4. The first-order valence-electron chi connectivity index (χ1n) is 6.44. The van der Waals surface area contributed by atoms with Gasteiger partial charge in [0.2, 0.25) is 0 Å². The Labute approximate surface area is 112 Å². The number of carbonyl (C=O) groups is 2. The van der Waals surface area contributed by atoms with Crippen LogP contribution < -0.4 is 0 Å². The number of amides is 1. The van der Waals surface area contributed by atoms with E-state index in [9.17, 15) is 9.59 Å². The number of hydrogen-bond donors (Lipinski definition) is 1. The van der Waals surface area contributed by atoms with Crippen molar-refractivity contribution in [2.24, 2.45) is 5.92 Å². The summed E-state index contributed by atoms with van der Waals surface area (Å²) in [6.45, 7) is 4.28. The highest BCUT2D eigenvalue weighted by atomic mass is 16.4. The number of piperidine rings is 1. The van der Waals surface area contributed by atoms with E-state index in [1.807, 2.05) is 19.9 Å². The van der Waals surface area contributed by atoms with Crippen LogP contribution in [0, 0.1) is 12.8 Å². The van der Waals surface area contributed by atoms with Crippen molar-refractivity contribution < 1.29 is 14.7 Å². The van der Waals surface area contributed by atoms with Crippen LogP contribution in [-0.2, 0) is 4.79 Å². The molecule has 1 aliphatic heterocycles. The molecule has 1 amide bonds. The second kappa shape index (κ2) is 5.38. The molecule has 0 bridgehead atoms. The van der Waals surface area contributed by atoms with Gasteiger partial charge in [-0.15, -0.1) is 0 Å². The molecule has 19 heavy (non-hydrogen) atoms. The fourth-order valence-corrected chi connectivity index (χ4v) is 2.54. The lowest BCUT2D eigenvalue weighted by atomic mass is 9.91. The molecule has 102 valence electrons. The Morgan fingerprint density at radius 2 is 2.16 bits per heavy atom. The number of pyridine rings is 1. The highest BCUT2D eigenvalue weighted by Gasteiger charge is 2.32. The van der Waals surface area contributed by atoms with Crippen molar-refractivity contribution in [1.82, 2.24) is 9.88 Å². The summed E-state index contributed by atoms with van der Waals surface area (Å²) in [6, 6.07) is 1.76. The predicted octanol–water partition coefficient (Wildman–Crippen LogP) is 1.72. The van der Waals surface area contributed by atoms with Crippen LogP contribution in [0.4, 0.5) is 0 Å². The zero-order chi connectivity index (χ0) is 14.0. The molecular formula is C14H18N2O3. The number of carbonyl (C=O) groups excluding carboxylic acids is 1. The van der Waals surface area contributed by atoms with Crippen molar-refractivity contribution in [1.29, 1.82) is 0 Å². The highest BCUT2D eigenvalue weighted by molar-refractivity contribution is 5.94. The van der Waals surface area contributed by atoms with Crippen molar-refractivity contribution in [2.45, 2.75) is 32.7 Å². The van der Waals surface area contributed by atoms with Gasteiger partial charge in [-0.05, 0) is 38.3 Å². The predicted molar refractivity (Wildman–Crippen MR) is 69.8 cm³/mol. The Morgan fingerprint density at radius 1 is 1.42 bits per heavy atom. The minimum Gasteiger partial charge on any atom is -0.481 e. The molecular weight excluding hydrogens is 244 g/mol. The molecule has 5 nitrogen and oxygen atoms in total. The summed E-state index contributed by atoms with van der Waals surface area (Å²) < 4.78 is 0. The van der Waals surface area contributed by atoms with E-state index in [1.54, 1.807) is 17.3 Å². The lowest BCUT2D eigenvalue weighted by molar-refractivity contribution is -0.143. The Balaban J connectivity index is 2.11. The standard InChI is InChI=1S/C14H18N2O3/c1-9-5-12(8-15-7-9)13(17)16-4-3-11(14(18)19)6-10(16)2/h5,7-8,10-11H,3-4,6H2,1-2H3,(H,18,19). The van der Waals surface area contributed by atoms with Crippen LogP contribution in [0.1, 0.15) is 35.7 Å². The normalized spacial score (nSPS) is 23.2. The molecule has 5 heteroatoms. The number of carboxylic acid groups (broad SMARTS) is 1. The first-order chi connectivity index (χ1) is 8.99. The van der Waals surface area contributed by atoms with Crippen molar-refractivity contribution >= 4 is 11.9 Å². The van der Waals surface area contributed by atoms with Gasteiger partial charge in [-0.3, -0.25) is 14.6 Å². The first kappa shape index (κ1) is 13.5. The molecule has 0 spiro atoms.